The lowest BCUT2D eigenvalue weighted by molar-refractivity contribution is -0.137. The molecule has 4 heterocycles. The number of carbonyl (C=O) groups is 2. The maximum absolute atomic E-state index is 13.9. The number of halogens is 4. The number of aromatic nitrogens is 4. The van der Waals surface area contributed by atoms with E-state index in [2.05, 4.69) is 9.97 Å². The van der Waals surface area contributed by atoms with Gasteiger partial charge in [-0.2, -0.15) is 18.3 Å². The minimum Gasteiger partial charge on any atom is -0.382 e. The molecule has 0 saturated heterocycles. The van der Waals surface area contributed by atoms with Crippen LogP contribution in [0.4, 0.5) is 13.2 Å². The third-order valence-electron chi connectivity index (χ3n) is 7.73. The van der Waals surface area contributed by atoms with Gasteiger partial charge in [0.2, 0.25) is 0 Å². The molecule has 0 aliphatic carbocycles. The zero-order valence-corrected chi connectivity index (χ0v) is 24.0. The zero-order chi connectivity index (χ0) is 30.0. The molecule has 0 fully saturated rings. The lowest BCUT2D eigenvalue weighted by Crippen LogP contribution is -2.45. The summed E-state index contributed by atoms with van der Waals surface area (Å²) in [6.07, 6.45) is -1.17. The molecule has 3 atom stereocenters. The number of benzene rings is 1. The van der Waals surface area contributed by atoms with E-state index in [1.807, 2.05) is 13.8 Å². The molecule has 2 aliphatic heterocycles. The second kappa shape index (κ2) is 10.1. The number of aliphatic hydroxyl groups is 1. The highest BCUT2D eigenvalue weighted by molar-refractivity contribution is 6.31. The van der Waals surface area contributed by atoms with Crippen LogP contribution in [0.25, 0.3) is 0 Å². The number of amides is 2. The van der Waals surface area contributed by atoms with Crippen molar-refractivity contribution in [2.45, 2.75) is 77.5 Å². The molecule has 9 nitrogen and oxygen atoms in total. The molecule has 0 radical (unpaired) electrons. The summed E-state index contributed by atoms with van der Waals surface area (Å²) in [5, 5.41) is 14.4. The highest BCUT2D eigenvalue weighted by atomic mass is 35.5. The predicted octanol–water partition coefficient (Wildman–Crippen LogP) is 4.94. The molecule has 1 unspecified atom stereocenters. The summed E-state index contributed by atoms with van der Waals surface area (Å²) in [5.74, 6) is -0.597. The van der Waals surface area contributed by atoms with Crippen molar-refractivity contribution in [1.82, 2.24) is 29.5 Å². The fraction of sp³-hybridized carbons (Fsp3) is 0.464. The summed E-state index contributed by atoms with van der Waals surface area (Å²) in [6, 6.07) is 2.19. The van der Waals surface area contributed by atoms with Crippen molar-refractivity contribution in [2.24, 2.45) is 0 Å². The number of carbonyl (C=O) groups excluding carboxylic acids is 2. The molecule has 13 heteroatoms. The van der Waals surface area contributed by atoms with Crippen LogP contribution in [0, 0.1) is 0 Å². The summed E-state index contributed by atoms with van der Waals surface area (Å²) >= 11 is 5.76. The first kappa shape index (κ1) is 29.0. The van der Waals surface area contributed by atoms with Crippen LogP contribution in [-0.2, 0) is 24.7 Å². The Hall–Kier alpha value is -3.51. The van der Waals surface area contributed by atoms with Gasteiger partial charge in [-0.05, 0) is 52.8 Å². The fourth-order valence-electron chi connectivity index (χ4n) is 5.39. The van der Waals surface area contributed by atoms with Gasteiger partial charge in [0.1, 0.15) is 11.3 Å². The van der Waals surface area contributed by atoms with Gasteiger partial charge in [0.25, 0.3) is 11.8 Å². The molecule has 2 aromatic heterocycles. The number of hydrogen-bond donors (Lipinski definition) is 1. The van der Waals surface area contributed by atoms with Crippen LogP contribution in [0.3, 0.4) is 0 Å². The predicted molar refractivity (Wildman–Crippen MR) is 143 cm³/mol. The molecule has 5 rings (SSSR count). The third kappa shape index (κ3) is 5.19. The molecule has 3 aromatic rings. The Morgan fingerprint density at radius 3 is 2.41 bits per heavy atom. The Morgan fingerprint density at radius 1 is 1.15 bits per heavy atom. The monoisotopic (exact) mass is 590 g/mol. The SMILES string of the molecule is CC(c1cnc(C(C)(C)O)nc1)N1C[C@@H](C)n2nc3c(c2C1=O)CN(C(=O)c1ccc(Cl)c(C(F)(F)F)c1)[C@H](C)C3. The second-order valence-electron chi connectivity index (χ2n) is 11.3. The molecule has 2 amide bonds. The smallest absolute Gasteiger partial charge is 0.382 e. The van der Waals surface area contributed by atoms with Crippen molar-refractivity contribution in [1.29, 1.82) is 0 Å². The standard InChI is InChI=1S/C28H30ClF3N6O3/c1-14-8-22-19(13-36(14)24(39)17-6-7-21(29)20(9-17)28(30,31)32)23-25(40)37(12-15(2)38(23)35-22)16(3)18-10-33-26(34-11-18)27(4,5)41/h6-7,9-11,14-16,41H,8,12-13H2,1-5H3/t14-,15-,16?/m1/s1. The molecule has 218 valence electrons. The van der Waals surface area contributed by atoms with Gasteiger partial charge >= 0.3 is 6.18 Å². The van der Waals surface area contributed by atoms with Crippen molar-refractivity contribution < 1.29 is 27.9 Å². The van der Waals surface area contributed by atoms with E-state index in [0.717, 1.165) is 12.1 Å². The Balaban J connectivity index is 1.45. The summed E-state index contributed by atoms with van der Waals surface area (Å²) in [5.41, 5.74) is -0.0942. The molecule has 41 heavy (non-hydrogen) atoms. The Labute approximate surface area is 239 Å². The lowest BCUT2D eigenvalue weighted by Gasteiger charge is -2.37. The van der Waals surface area contributed by atoms with E-state index in [4.69, 9.17) is 16.7 Å². The quantitative estimate of drug-likeness (QED) is 0.462. The minimum atomic E-state index is -4.71. The number of rotatable bonds is 4. The first-order valence-corrected chi connectivity index (χ1v) is 13.6. The van der Waals surface area contributed by atoms with E-state index in [0.29, 0.717) is 35.5 Å². The van der Waals surface area contributed by atoms with E-state index in [1.54, 1.807) is 42.7 Å². The zero-order valence-electron chi connectivity index (χ0n) is 23.2. The van der Waals surface area contributed by atoms with Crippen LogP contribution < -0.4 is 0 Å². The van der Waals surface area contributed by atoms with Crippen molar-refractivity contribution in [3.05, 3.63) is 75.1 Å². The van der Waals surface area contributed by atoms with E-state index < -0.39 is 34.3 Å². The lowest BCUT2D eigenvalue weighted by atomic mass is 9.96. The van der Waals surface area contributed by atoms with E-state index >= 15 is 0 Å². The fourth-order valence-corrected chi connectivity index (χ4v) is 5.61. The van der Waals surface area contributed by atoms with Gasteiger partial charge in [0.15, 0.2) is 5.82 Å². The topological polar surface area (TPSA) is 104 Å². The van der Waals surface area contributed by atoms with Crippen LogP contribution in [0.2, 0.25) is 5.02 Å². The molecule has 0 bridgehead atoms. The minimum absolute atomic E-state index is 0.0265. The van der Waals surface area contributed by atoms with Crippen molar-refractivity contribution in [3.8, 4) is 0 Å². The average molecular weight is 591 g/mol. The number of fused-ring (bicyclic) bond motifs is 3. The molecule has 1 N–H and O–H groups in total. The Morgan fingerprint density at radius 2 is 1.80 bits per heavy atom. The second-order valence-corrected chi connectivity index (χ2v) is 11.7. The van der Waals surface area contributed by atoms with Crippen LogP contribution in [0.5, 0.6) is 0 Å². The molecular formula is C28H30ClF3N6O3. The van der Waals surface area contributed by atoms with Gasteiger partial charge < -0.3 is 14.9 Å². The largest absolute Gasteiger partial charge is 0.417 e. The summed E-state index contributed by atoms with van der Waals surface area (Å²) in [7, 11) is 0. The Kier molecular flexibility index (Phi) is 7.14. The molecule has 1 aromatic carbocycles. The summed E-state index contributed by atoms with van der Waals surface area (Å²) in [4.78, 5) is 39.1. The van der Waals surface area contributed by atoms with Gasteiger partial charge in [-0.15, -0.1) is 0 Å². The molecule has 2 aliphatic rings. The van der Waals surface area contributed by atoms with E-state index in [1.165, 1.54) is 11.0 Å². The third-order valence-corrected chi connectivity index (χ3v) is 8.06. The van der Waals surface area contributed by atoms with Gasteiger partial charge in [-0.3, -0.25) is 14.3 Å². The van der Waals surface area contributed by atoms with Gasteiger partial charge in [0, 0.05) is 48.1 Å². The van der Waals surface area contributed by atoms with Crippen molar-refractivity contribution in [3.63, 3.8) is 0 Å². The van der Waals surface area contributed by atoms with Crippen LogP contribution >= 0.6 is 11.6 Å². The van der Waals surface area contributed by atoms with E-state index in [9.17, 15) is 27.9 Å². The van der Waals surface area contributed by atoms with Gasteiger partial charge in [-0.25, -0.2) is 9.97 Å². The van der Waals surface area contributed by atoms with E-state index in [-0.39, 0.29) is 35.9 Å². The number of alkyl halides is 3. The average Bonchev–Trinajstić information content (AvgIpc) is 3.27. The highest BCUT2D eigenvalue weighted by Crippen LogP contribution is 2.37. The van der Waals surface area contributed by atoms with Crippen LogP contribution in [0.1, 0.15) is 95.8 Å². The van der Waals surface area contributed by atoms with Gasteiger partial charge in [-0.1, -0.05) is 11.6 Å². The van der Waals surface area contributed by atoms with Crippen molar-refractivity contribution >= 4 is 23.4 Å². The maximum atomic E-state index is 13.9. The molecule has 0 spiro atoms. The first-order chi connectivity index (χ1) is 19.1. The highest BCUT2D eigenvalue weighted by Gasteiger charge is 2.41. The summed E-state index contributed by atoms with van der Waals surface area (Å²) in [6.45, 7) is 9.19. The molecular weight excluding hydrogens is 561 g/mol. The number of hydrogen-bond acceptors (Lipinski definition) is 6. The first-order valence-electron chi connectivity index (χ1n) is 13.2. The summed E-state index contributed by atoms with van der Waals surface area (Å²) < 4.78 is 42.0. The van der Waals surface area contributed by atoms with Crippen molar-refractivity contribution in [2.75, 3.05) is 6.54 Å². The maximum Gasteiger partial charge on any atom is 0.417 e. The Bertz CT molecular complexity index is 1520. The van der Waals surface area contributed by atoms with Gasteiger partial charge in [0.05, 0.1) is 34.9 Å². The normalized spacial score (nSPS) is 20.1. The van der Waals surface area contributed by atoms with Crippen LogP contribution in [0.15, 0.2) is 30.6 Å². The van der Waals surface area contributed by atoms with Crippen LogP contribution in [-0.4, -0.2) is 59.1 Å². The molecule has 0 saturated carbocycles. The number of nitrogens with zero attached hydrogens (tertiary/aromatic N) is 6.